The average molecular weight is 363 g/mol. The number of carbonyl (C=O) groups excluding carboxylic acids is 1. The molecule has 3 N–H and O–H groups in total. The van der Waals surface area contributed by atoms with E-state index in [1.54, 1.807) is 18.2 Å². The Balaban J connectivity index is 2.07. The van der Waals surface area contributed by atoms with Crippen LogP contribution in [0.5, 0.6) is 5.75 Å². The number of nitrogens with zero attached hydrogens (tertiary/aromatic N) is 2. The number of amides is 1. The van der Waals surface area contributed by atoms with Crippen molar-refractivity contribution in [1.82, 2.24) is 9.97 Å². The molecule has 0 aliphatic carbocycles. The Morgan fingerprint density at radius 2 is 2.21 bits per heavy atom. The van der Waals surface area contributed by atoms with Gasteiger partial charge in [-0.15, -0.1) is 11.3 Å². The Kier molecular flexibility index (Phi) is 4.55. The van der Waals surface area contributed by atoms with E-state index in [1.807, 2.05) is 13.8 Å². The molecule has 0 unspecified atom stereocenters. The summed E-state index contributed by atoms with van der Waals surface area (Å²) in [6.45, 7) is 4.25. The van der Waals surface area contributed by atoms with E-state index in [1.165, 1.54) is 17.7 Å². The first-order valence-corrected chi connectivity index (χ1v) is 8.44. The average Bonchev–Trinajstić information content (AvgIpc) is 2.85. The second-order valence-corrected chi connectivity index (χ2v) is 6.64. The number of primary amides is 1. The van der Waals surface area contributed by atoms with E-state index in [9.17, 15) is 4.79 Å². The number of rotatable bonds is 5. The Bertz CT molecular complexity index is 926. The molecular formula is C16H15ClN4O2S. The largest absolute Gasteiger partial charge is 0.492 e. The van der Waals surface area contributed by atoms with Crippen molar-refractivity contribution in [3.8, 4) is 5.75 Å². The van der Waals surface area contributed by atoms with Crippen molar-refractivity contribution >= 4 is 50.6 Å². The molecule has 24 heavy (non-hydrogen) atoms. The van der Waals surface area contributed by atoms with Gasteiger partial charge in [0.25, 0.3) is 0 Å². The van der Waals surface area contributed by atoms with Gasteiger partial charge in [-0.25, -0.2) is 9.97 Å². The molecule has 0 aliphatic heterocycles. The molecule has 0 saturated carbocycles. The lowest BCUT2D eigenvalue weighted by Gasteiger charge is -2.13. The highest BCUT2D eigenvalue weighted by atomic mass is 35.5. The maximum absolute atomic E-state index is 11.4. The first kappa shape index (κ1) is 16.5. The van der Waals surface area contributed by atoms with Crippen LogP contribution in [-0.4, -0.2) is 22.5 Å². The quantitative estimate of drug-likeness (QED) is 0.718. The minimum Gasteiger partial charge on any atom is -0.492 e. The molecule has 0 aliphatic rings. The van der Waals surface area contributed by atoms with Gasteiger partial charge in [0.2, 0.25) is 5.91 Å². The lowest BCUT2D eigenvalue weighted by molar-refractivity contribution is 0.1000. The predicted octanol–water partition coefficient (Wildman–Crippen LogP) is 3.89. The molecule has 2 aromatic heterocycles. The van der Waals surface area contributed by atoms with Gasteiger partial charge in [-0.05, 0) is 37.6 Å². The summed E-state index contributed by atoms with van der Waals surface area (Å²) < 4.78 is 6.29. The lowest BCUT2D eigenvalue weighted by atomic mass is 10.1. The van der Waals surface area contributed by atoms with Crippen molar-refractivity contribution < 1.29 is 9.53 Å². The number of benzene rings is 1. The SMILES string of the molecule is CCOc1cc(C(N)=O)ccc1Nc1ncnc2sc(Cl)c(C)c12. The Morgan fingerprint density at radius 1 is 1.42 bits per heavy atom. The highest BCUT2D eigenvalue weighted by molar-refractivity contribution is 7.22. The van der Waals surface area contributed by atoms with Gasteiger partial charge in [0.15, 0.2) is 0 Å². The predicted molar refractivity (Wildman–Crippen MR) is 96.6 cm³/mol. The molecule has 0 atom stereocenters. The van der Waals surface area contributed by atoms with Crippen molar-refractivity contribution in [2.75, 3.05) is 11.9 Å². The third-order valence-corrected chi connectivity index (χ3v) is 4.99. The number of hydrogen-bond donors (Lipinski definition) is 2. The Morgan fingerprint density at radius 3 is 2.92 bits per heavy atom. The zero-order valence-corrected chi connectivity index (χ0v) is 14.7. The van der Waals surface area contributed by atoms with Crippen LogP contribution in [0.3, 0.4) is 0 Å². The van der Waals surface area contributed by atoms with Gasteiger partial charge >= 0.3 is 0 Å². The molecule has 2 heterocycles. The third-order valence-electron chi connectivity index (χ3n) is 3.49. The number of anilines is 2. The number of fused-ring (bicyclic) bond motifs is 1. The van der Waals surface area contributed by atoms with E-state index in [2.05, 4.69) is 15.3 Å². The normalized spacial score (nSPS) is 10.8. The molecule has 1 amide bonds. The number of aryl methyl sites for hydroxylation is 1. The van der Waals surface area contributed by atoms with E-state index in [-0.39, 0.29) is 0 Å². The lowest BCUT2D eigenvalue weighted by Crippen LogP contribution is -2.11. The van der Waals surface area contributed by atoms with Crippen LogP contribution in [0.15, 0.2) is 24.5 Å². The number of nitrogens with two attached hydrogens (primary N) is 1. The van der Waals surface area contributed by atoms with Crippen LogP contribution in [0, 0.1) is 6.92 Å². The molecule has 0 radical (unpaired) electrons. The molecule has 0 fully saturated rings. The first-order chi connectivity index (χ1) is 11.5. The monoisotopic (exact) mass is 362 g/mol. The van der Waals surface area contributed by atoms with Crippen molar-refractivity contribution in [3.05, 3.63) is 40.0 Å². The van der Waals surface area contributed by atoms with Crippen LogP contribution in [0.4, 0.5) is 11.5 Å². The van der Waals surface area contributed by atoms with Crippen LogP contribution in [0.25, 0.3) is 10.2 Å². The molecule has 0 saturated heterocycles. The number of halogens is 1. The second-order valence-electron chi connectivity index (χ2n) is 5.04. The molecule has 3 aromatic rings. The van der Waals surface area contributed by atoms with Crippen LogP contribution >= 0.6 is 22.9 Å². The van der Waals surface area contributed by atoms with E-state index >= 15 is 0 Å². The number of thiophene rings is 1. The van der Waals surface area contributed by atoms with Gasteiger partial charge in [-0.1, -0.05) is 11.6 Å². The van der Waals surface area contributed by atoms with Gasteiger partial charge in [0.1, 0.15) is 22.7 Å². The minimum atomic E-state index is -0.507. The van der Waals surface area contributed by atoms with E-state index in [4.69, 9.17) is 22.1 Å². The molecule has 1 aromatic carbocycles. The molecule has 3 rings (SSSR count). The molecular weight excluding hydrogens is 348 g/mol. The minimum absolute atomic E-state index is 0.381. The van der Waals surface area contributed by atoms with E-state index in [0.29, 0.717) is 33.8 Å². The molecule has 0 bridgehead atoms. The number of aromatic nitrogens is 2. The van der Waals surface area contributed by atoms with Crippen molar-refractivity contribution in [1.29, 1.82) is 0 Å². The standard InChI is InChI=1S/C16H15ClN4O2S/c1-3-23-11-6-9(14(18)22)4-5-10(11)21-15-12-8(2)13(17)24-16(12)20-7-19-15/h4-7H,3H2,1-2H3,(H2,18,22)(H,19,20,21). The summed E-state index contributed by atoms with van der Waals surface area (Å²) in [4.78, 5) is 20.7. The fourth-order valence-corrected chi connectivity index (χ4v) is 3.51. The van der Waals surface area contributed by atoms with Crippen molar-refractivity contribution in [2.24, 2.45) is 5.73 Å². The maximum Gasteiger partial charge on any atom is 0.248 e. The maximum atomic E-state index is 11.4. The summed E-state index contributed by atoms with van der Waals surface area (Å²) in [5.74, 6) is 0.653. The van der Waals surface area contributed by atoms with Crippen molar-refractivity contribution in [2.45, 2.75) is 13.8 Å². The second kappa shape index (κ2) is 6.62. The van der Waals surface area contributed by atoms with Gasteiger partial charge in [0.05, 0.1) is 22.0 Å². The summed E-state index contributed by atoms with van der Waals surface area (Å²) in [6.07, 6.45) is 1.48. The Hall–Kier alpha value is -2.38. The summed E-state index contributed by atoms with van der Waals surface area (Å²) in [5.41, 5.74) is 7.32. The van der Waals surface area contributed by atoms with E-state index < -0.39 is 5.91 Å². The topological polar surface area (TPSA) is 90.1 Å². The summed E-state index contributed by atoms with van der Waals surface area (Å²) in [5, 5.41) is 4.11. The fraction of sp³-hybridized carbons (Fsp3) is 0.188. The molecule has 124 valence electrons. The smallest absolute Gasteiger partial charge is 0.248 e. The van der Waals surface area contributed by atoms with Crippen molar-refractivity contribution in [3.63, 3.8) is 0 Å². The number of ether oxygens (including phenoxy) is 1. The summed E-state index contributed by atoms with van der Waals surface area (Å²) >= 11 is 7.62. The van der Waals surface area contributed by atoms with Gasteiger partial charge in [0, 0.05) is 5.56 Å². The number of nitrogens with one attached hydrogen (secondary N) is 1. The van der Waals surface area contributed by atoms with Crippen LogP contribution in [0.1, 0.15) is 22.8 Å². The molecule has 0 spiro atoms. The van der Waals surface area contributed by atoms with Crippen LogP contribution in [0.2, 0.25) is 4.34 Å². The first-order valence-electron chi connectivity index (χ1n) is 7.24. The van der Waals surface area contributed by atoms with Crippen LogP contribution < -0.4 is 15.8 Å². The fourth-order valence-electron chi connectivity index (χ4n) is 2.32. The van der Waals surface area contributed by atoms with Gasteiger partial charge in [-0.2, -0.15) is 0 Å². The summed E-state index contributed by atoms with van der Waals surface area (Å²) in [6, 6.07) is 4.99. The zero-order chi connectivity index (χ0) is 17.3. The zero-order valence-electron chi connectivity index (χ0n) is 13.1. The Labute approximate surface area is 147 Å². The van der Waals surface area contributed by atoms with Gasteiger partial charge < -0.3 is 15.8 Å². The summed E-state index contributed by atoms with van der Waals surface area (Å²) in [7, 11) is 0. The number of hydrogen-bond acceptors (Lipinski definition) is 6. The van der Waals surface area contributed by atoms with Crippen LogP contribution in [-0.2, 0) is 0 Å². The van der Waals surface area contributed by atoms with Gasteiger partial charge in [-0.3, -0.25) is 4.79 Å². The highest BCUT2D eigenvalue weighted by Gasteiger charge is 2.15. The third kappa shape index (κ3) is 3.00. The molecule has 6 nitrogen and oxygen atoms in total. The molecule has 8 heteroatoms. The number of carbonyl (C=O) groups is 1. The highest BCUT2D eigenvalue weighted by Crippen LogP contribution is 2.38. The van der Waals surface area contributed by atoms with E-state index in [0.717, 1.165) is 15.8 Å².